The number of rotatable bonds is 4. The Morgan fingerprint density at radius 2 is 1.85 bits per heavy atom. The van der Waals surface area contributed by atoms with Crippen molar-refractivity contribution in [2.45, 2.75) is 68.0 Å². The van der Waals surface area contributed by atoms with E-state index in [0.717, 1.165) is 45.1 Å². The molecular weight excluding hydrogens is 350 g/mol. The number of nitrogens with one attached hydrogen (secondary N) is 2. The number of amides is 1. The Morgan fingerprint density at radius 3 is 2.65 bits per heavy atom. The summed E-state index contributed by atoms with van der Waals surface area (Å²) in [4.78, 5) is 15.0. The van der Waals surface area contributed by atoms with Crippen LogP contribution in [0.5, 0.6) is 0 Å². The fourth-order valence-electron chi connectivity index (χ4n) is 4.44. The maximum Gasteiger partial charge on any atom is 0.253 e. The lowest BCUT2D eigenvalue weighted by Gasteiger charge is -2.24. The van der Waals surface area contributed by atoms with Crippen LogP contribution in [0, 0.1) is 0 Å². The van der Waals surface area contributed by atoms with E-state index < -0.39 is 10.0 Å². The first-order valence-electron chi connectivity index (χ1n) is 9.69. The number of hydrogen-bond acceptors (Lipinski definition) is 4. The van der Waals surface area contributed by atoms with Gasteiger partial charge in [-0.15, -0.1) is 0 Å². The van der Waals surface area contributed by atoms with Crippen molar-refractivity contribution in [3.8, 4) is 0 Å². The predicted octanol–water partition coefficient (Wildman–Crippen LogP) is 1.87. The molecule has 7 heteroatoms. The van der Waals surface area contributed by atoms with Gasteiger partial charge >= 0.3 is 0 Å². The Labute approximate surface area is 155 Å². The van der Waals surface area contributed by atoms with Crippen molar-refractivity contribution in [1.29, 1.82) is 0 Å². The lowest BCUT2D eigenvalue weighted by molar-refractivity contribution is 0.0748. The number of carbonyl (C=O) groups excluding carboxylic acids is 1. The summed E-state index contributed by atoms with van der Waals surface area (Å²) in [5.41, 5.74) is 0.456. The van der Waals surface area contributed by atoms with Crippen LogP contribution in [0.4, 0.5) is 0 Å². The van der Waals surface area contributed by atoms with Gasteiger partial charge in [-0.25, -0.2) is 13.1 Å². The van der Waals surface area contributed by atoms with Crippen LogP contribution < -0.4 is 10.0 Å². The number of sulfonamides is 1. The molecule has 3 fully saturated rings. The van der Waals surface area contributed by atoms with Crippen LogP contribution >= 0.6 is 0 Å². The zero-order chi connectivity index (χ0) is 18.1. The summed E-state index contributed by atoms with van der Waals surface area (Å²) in [6.07, 6.45) is 7.17. The Balaban J connectivity index is 1.50. The second-order valence-corrected chi connectivity index (χ2v) is 9.52. The highest BCUT2D eigenvalue weighted by Gasteiger charge is 2.32. The van der Waals surface area contributed by atoms with Crippen molar-refractivity contribution in [3.05, 3.63) is 29.8 Å². The SMILES string of the molecule is O=C(c1cccc(S(=O)(=O)NC2CCCC2)c1)N1CC[C@H]2CC[C@@H](C1)N2. The van der Waals surface area contributed by atoms with E-state index >= 15 is 0 Å². The molecule has 0 unspecified atom stereocenters. The van der Waals surface area contributed by atoms with Crippen molar-refractivity contribution < 1.29 is 13.2 Å². The molecule has 1 amide bonds. The minimum absolute atomic E-state index is 0.0200. The molecule has 6 nitrogen and oxygen atoms in total. The van der Waals surface area contributed by atoms with E-state index in [1.54, 1.807) is 18.2 Å². The summed E-state index contributed by atoms with van der Waals surface area (Å²) in [7, 11) is -3.58. The highest BCUT2D eigenvalue weighted by atomic mass is 32.2. The van der Waals surface area contributed by atoms with Crippen molar-refractivity contribution in [2.75, 3.05) is 13.1 Å². The summed E-state index contributed by atoms with van der Waals surface area (Å²) < 4.78 is 28.1. The van der Waals surface area contributed by atoms with Crippen molar-refractivity contribution in [2.24, 2.45) is 0 Å². The van der Waals surface area contributed by atoms with Gasteiger partial charge in [0.25, 0.3) is 5.91 Å². The van der Waals surface area contributed by atoms with Gasteiger partial charge in [-0.1, -0.05) is 18.9 Å². The Kier molecular flexibility index (Phi) is 5.03. The Hall–Kier alpha value is -1.44. The number of fused-ring (bicyclic) bond motifs is 2. The third kappa shape index (κ3) is 3.80. The first kappa shape index (κ1) is 17.9. The lowest BCUT2D eigenvalue weighted by Crippen LogP contribution is -2.39. The molecule has 2 heterocycles. The van der Waals surface area contributed by atoms with E-state index in [1.807, 2.05) is 4.90 Å². The van der Waals surface area contributed by atoms with Gasteiger partial charge in [0.05, 0.1) is 4.90 Å². The van der Waals surface area contributed by atoms with Crippen LogP contribution in [0.3, 0.4) is 0 Å². The topological polar surface area (TPSA) is 78.5 Å². The summed E-state index contributed by atoms with van der Waals surface area (Å²) in [5.74, 6) is -0.0720. The monoisotopic (exact) mass is 377 g/mol. The van der Waals surface area contributed by atoms with E-state index in [9.17, 15) is 13.2 Å². The minimum Gasteiger partial charge on any atom is -0.337 e. The van der Waals surface area contributed by atoms with Gasteiger partial charge in [-0.05, 0) is 50.3 Å². The Morgan fingerprint density at radius 1 is 1.08 bits per heavy atom. The molecule has 2 aliphatic heterocycles. The van der Waals surface area contributed by atoms with Crippen molar-refractivity contribution in [1.82, 2.24) is 14.9 Å². The summed E-state index contributed by atoms with van der Waals surface area (Å²) >= 11 is 0. The predicted molar refractivity (Wildman–Crippen MR) is 99.5 cm³/mol. The maximum absolute atomic E-state index is 12.9. The van der Waals surface area contributed by atoms with Crippen molar-refractivity contribution >= 4 is 15.9 Å². The number of benzene rings is 1. The van der Waals surface area contributed by atoms with Crippen molar-refractivity contribution in [3.63, 3.8) is 0 Å². The summed E-state index contributed by atoms with van der Waals surface area (Å²) in [6, 6.07) is 7.37. The second-order valence-electron chi connectivity index (χ2n) is 7.81. The molecule has 1 saturated carbocycles. The molecule has 2 N–H and O–H groups in total. The standard InChI is InChI=1S/C19H27N3O3S/c23-19(22-11-10-15-8-9-17(13-22)20-15)14-4-3-7-18(12-14)26(24,25)21-16-5-1-2-6-16/h3-4,7,12,15-17,20-21H,1-2,5-6,8-11,13H2/t15-,17+/m1/s1. The number of nitrogens with zero attached hydrogens (tertiary/aromatic N) is 1. The van der Waals surface area contributed by atoms with Gasteiger partial charge in [0.1, 0.15) is 0 Å². The van der Waals surface area contributed by atoms with Gasteiger partial charge in [-0.3, -0.25) is 4.79 Å². The maximum atomic E-state index is 12.9. The normalized spacial score (nSPS) is 26.8. The third-order valence-electron chi connectivity index (χ3n) is 5.88. The molecule has 1 aromatic carbocycles. The number of carbonyl (C=O) groups is 1. The summed E-state index contributed by atoms with van der Waals surface area (Å²) in [5, 5.41) is 3.57. The van der Waals surface area contributed by atoms with Crippen LogP contribution in [-0.4, -0.2) is 50.4 Å². The zero-order valence-corrected chi connectivity index (χ0v) is 15.8. The van der Waals surface area contributed by atoms with Crippen LogP contribution in [0.15, 0.2) is 29.2 Å². The molecule has 1 aromatic rings. The van der Waals surface area contributed by atoms with E-state index in [2.05, 4.69) is 10.0 Å². The molecular formula is C19H27N3O3S. The number of likely N-dealkylation sites (tertiary alicyclic amines) is 1. The molecule has 142 valence electrons. The van der Waals surface area contributed by atoms with Gasteiger partial charge in [-0.2, -0.15) is 0 Å². The molecule has 2 atom stereocenters. The fourth-order valence-corrected chi connectivity index (χ4v) is 5.79. The van der Waals surface area contributed by atoms with E-state index in [-0.39, 0.29) is 16.8 Å². The quantitative estimate of drug-likeness (QED) is 0.840. The smallest absolute Gasteiger partial charge is 0.253 e. The van der Waals surface area contributed by atoms with Gasteiger partial charge in [0, 0.05) is 36.8 Å². The van der Waals surface area contributed by atoms with E-state index in [1.165, 1.54) is 12.5 Å². The molecule has 0 spiro atoms. The van der Waals surface area contributed by atoms with E-state index in [4.69, 9.17) is 0 Å². The first-order valence-corrected chi connectivity index (χ1v) is 11.2. The van der Waals surface area contributed by atoms with Gasteiger partial charge in [0.15, 0.2) is 0 Å². The molecule has 0 aromatic heterocycles. The summed E-state index contributed by atoms with van der Waals surface area (Å²) in [6.45, 7) is 1.43. The highest BCUT2D eigenvalue weighted by Crippen LogP contribution is 2.23. The van der Waals surface area contributed by atoms with E-state index in [0.29, 0.717) is 24.2 Å². The molecule has 1 aliphatic carbocycles. The average Bonchev–Trinajstić information content (AvgIpc) is 3.23. The molecule has 26 heavy (non-hydrogen) atoms. The highest BCUT2D eigenvalue weighted by molar-refractivity contribution is 7.89. The van der Waals surface area contributed by atoms with Crippen LogP contribution in [0.25, 0.3) is 0 Å². The van der Waals surface area contributed by atoms with Gasteiger partial charge in [0.2, 0.25) is 10.0 Å². The van der Waals surface area contributed by atoms with Gasteiger partial charge < -0.3 is 10.2 Å². The lowest BCUT2D eigenvalue weighted by atomic mass is 10.1. The van der Waals surface area contributed by atoms with Crippen LogP contribution in [0.2, 0.25) is 0 Å². The fraction of sp³-hybridized carbons (Fsp3) is 0.632. The zero-order valence-electron chi connectivity index (χ0n) is 15.0. The largest absolute Gasteiger partial charge is 0.337 e. The molecule has 3 aliphatic rings. The Bertz CT molecular complexity index is 774. The third-order valence-corrected chi connectivity index (χ3v) is 7.40. The average molecular weight is 378 g/mol. The first-order chi connectivity index (χ1) is 12.5. The molecule has 2 bridgehead atoms. The molecule has 0 radical (unpaired) electrons. The molecule has 4 rings (SSSR count). The second kappa shape index (κ2) is 7.29. The molecule has 2 saturated heterocycles. The minimum atomic E-state index is -3.58. The number of hydrogen-bond donors (Lipinski definition) is 2. The van der Waals surface area contributed by atoms with Crippen LogP contribution in [0.1, 0.15) is 55.3 Å². The van der Waals surface area contributed by atoms with Crippen LogP contribution in [-0.2, 0) is 10.0 Å².